The van der Waals surface area contributed by atoms with Crippen molar-refractivity contribution in [2.24, 2.45) is 5.41 Å². The smallest absolute Gasteiger partial charge is 0.251 e. The zero-order valence-electron chi connectivity index (χ0n) is 7.11. The second-order valence-electron chi connectivity index (χ2n) is 3.90. The summed E-state index contributed by atoms with van der Waals surface area (Å²) >= 11 is 0. The van der Waals surface area contributed by atoms with Gasteiger partial charge in [-0.15, -0.1) is 0 Å². The lowest BCUT2D eigenvalue weighted by Gasteiger charge is -2.19. The molecular weight excluding hydrogens is 148 g/mol. The van der Waals surface area contributed by atoms with Crippen LogP contribution in [0.5, 0.6) is 0 Å². The molecule has 0 aliphatic heterocycles. The Morgan fingerprint density at radius 2 is 2.00 bits per heavy atom. The molecule has 1 fully saturated rings. The summed E-state index contributed by atoms with van der Waals surface area (Å²) < 4.78 is 23.7. The molecule has 66 valence electrons. The van der Waals surface area contributed by atoms with E-state index in [1.54, 1.807) is 11.9 Å². The Bertz CT molecular complexity index is 132. The fourth-order valence-corrected chi connectivity index (χ4v) is 1.32. The maximum absolute atomic E-state index is 11.8. The van der Waals surface area contributed by atoms with E-state index in [4.69, 9.17) is 0 Å². The van der Waals surface area contributed by atoms with Crippen molar-refractivity contribution in [2.75, 3.05) is 20.1 Å². The highest BCUT2D eigenvalue weighted by atomic mass is 19.3. The number of nitrogens with zero attached hydrogens (tertiary/aromatic N) is 1. The number of hydrogen-bond donors (Lipinski definition) is 0. The van der Waals surface area contributed by atoms with Gasteiger partial charge in [0.1, 0.15) is 0 Å². The third-order valence-corrected chi connectivity index (χ3v) is 2.20. The summed E-state index contributed by atoms with van der Waals surface area (Å²) in [7, 11) is 1.76. The summed E-state index contributed by atoms with van der Waals surface area (Å²) in [5.74, 6) is 0. The molecule has 0 amide bonds. The van der Waals surface area contributed by atoms with Crippen LogP contribution in [-0.4, -0.2) is 31.5 Å². The summed E-state index contributed by atoms with van der Waals surface area (Å²) in [6.07, 6.45) is 0.198. The van der Waals surface area contributed by atoms with Crippen molar-refractivity contribution in [1.82, 2.24) is 4.90 Å². The Labute approximate surface area is 66.4 Å². The van der Waals surface area contributed by atoms with Gasteiger partial charge in [0.2, 0.25) is 0 Å². The fraction of sp³-hybridized carbons (Fsp3) is 1.00. The van der Waals surface area contributed by atoms with E-state index in [0.29, 0.717) is 5.41 Å². The molecule has 1 aliphatic carbocycles. The van der Waals surface area contributed by atoms with Crippen LogP contribution in [0.15, 0.2) is 0 Å². The van der Waals surface area contributed by atoms with E-state index in [1.807, 2.05) is 0 Å². The van der Waals surface area contributed by atoms with E-state index in [2.05, 4.69) is 6.92 Å². The molecule has 11 heavy (non-hydrogen) atoms. The first-order valence-electron chi connectivity index (χ1n) is 3.99. The average molecular weight is 163 g/mol. The monoisotopic (exact) mass is 163 g/mol. The fourth-order valence-electron chi connectivity index (χ4n) is 1.32. The summed E-state index contributed by atoms with van der Waals surface area (Å²) in [4.78, 5) is 1.72. The highest BCUT2D eigenvalue weighted by Gasteiger charge is 2.38. The lowest BCUT2D eigenvalue weighted by atomic mass is 10.1. The van der Waals surface area contributed by atoms with E-state index >= 15 is 0 Å². The molecule has 0 aromatic carbocycles. The largest absolute Gasteiger partial charge is 0.300 e. The quantitative estimate of drug-likeness (QED) is 0.612. The highest BCUT2D eigenvalue weighted by molar-refractivity contribution is 4.90. The molecule has 1 nitrogen and oxygen atoms in total. The van der Waals surface area contributed by atoms with Crippen molar-refractivity contribution < 1.29 is 8.78 Å². The Morgan fingerprint density at radius 1 is 1.45 bits per heavy atom. The molecule has 0 spiro atoms. The molecule has 0 atom stereocenters. The lowest BCUT2D eigenvalue weighted by molar-refractivity contribution is 0.0925. The molecule has 0 N–H and O–H groups in total. The van der Waals surface area contributed by atoms with E-state index in [-0.39, 0.29) is 6.54 Å². The van der Waals surface area contributed by atoms with Crippen LogP contribution in [0.4, 0.5) is 8.78 Å². The molecule has 1 aliphatic rings. The number of hydrogen-bond acceptors (Lipinski definition) is 1. The van der Waals surface area contributed by atoms with Crippen LogP contribution in [0.2, 0.25) is 0 Å². The van der Waals surface area contributed by atoms with Gasteiger partial charge in [-0.05, 0) is 25.3 Å². The molecule has 0 unspecified atom stereocenters. The normalized spacial score (nSPS) is 21.3. The molecule has 0 radical (unpaired) electrons. The van der Waals surface area contributed by atoms with Crippen LogP contribution in [0.1, 0.15) is 19.8 Å². The number of halogens is 2. The molecule has 0 aromatic heterocycles. The highest BCUT2D eigenvalue weighted by Crippen LogP contribution is 2.45. The van der Waals surface area contributed by atoms with Crippen molar-refractivity contribution in [3.63, 3.8) is 0 Å². The van der Waals surface area contributed by atoms with Crippen LogP contribution >= 0.6 is 0 Å². The van der Waals surface area contributed by atoms with Gasteiger partial charge in [0.05, 0.1) is 6.54 Å². The number of alkyl halides is 2. The maximum atomic E-state index is 11.8. The third kappa shape index (κ3) is 3.14. The second-order valence-corrected chi connectivity index (χ2v) is 3.90. The van der Waals surface area contributed by atoms with Gasteiger partial charge < -0.3 is 4.90 Å². The van der Waals surface area contributed by atoms with Gasteiger partial charge in [-0.25, -0.2) is 8.78 Å². The van der Waals surface area contributed by atoms with Crippen molar-refractivity contribution in [2.45, 2.75) is 26.2 Å². The maximum Gasteiger partial charge on any atom is 0.251 e. The topological polar surface area (TPSA) is 3.24 Å². The minimum atomic E-state index is -2.19. The molecule has 1 saturated carbocycles. The summed E-state index contributed by atoms with van der Waals surface area (Å²) in [5.41, 5.74) is 0.351. The Morgan fingerprint density at radius 3 is 2.36 bits per heavy atom. The molecule has 0 aromatic rings. The zero-order valence-corrected chi connectivity index (χ0v) is 7.11. The lowest BCUT2D eigenvalue weighted by Crippen LogP contribution is -2.29. The van der Waals surface area contributed by atoms with E-state index in [1.165, 1.54) is 12.8 Å². The Kier molecular flexibility index (Phi) is 2.47. The second kappa shape index (κ2) is 3.05. The summed E-state index contributed by atoms with van der Waals surface area (Å²) in [5, 5.41) is 0. The van der Waals surface area contributed by atoms with E-state index in [9.17, 15) is 8.78 Å². The predicted molar refractivity (Wildman–Crippen MR) is 40.8 cm³/mol. The van der Waals surface area contributed by atoms with Gasteiger partial charge >= 0.3 is 0 Å². The van der Waals surface area contributed by atoms with Gasteiger partial charge in [-0.3, -0.25) is 0 Å². The SMILES string of the molecule is CN(CC(F)F)CC1(C)CC1. The molecule has 3 heteroatoms. The first-order valence-corrected chi connectivity index (χ1v) is 3.99. The van der Waals surface area contributed by atoms with Crippen LogP contribution < -0.4 is 0 Å². The Hall–Kier alpha value is -0.180. The predicted octanol–water partition coefficient (Wildman–Crippen LogP) is 1.98. The van der Waals surface area contributed by atoms with Gasteiger partial charge in [-0.1, -0.05) is 6.92 Å². The van der Waals surface area contributed by atoms with Crippen LogP contribution in [0.25, 0.3) is 0 Å². The van der Waals surface area contributed by atoms with E-state index in [0.717, 1.165) is 6.54 Å². The minimum Gasteiger partial charge on any atom is -0.300 e. The van der Waals surface area contributed by atoms with Crippen molar-refractivity contribution in [1.29, 1.82) is 0 Å². The van der Waals surface area contributed by atoms with Gasteiger partial charge in [-0.2, -0.15) is 0 Å². The standard InChI is InChI=1S/C8H15F2N/c1-8(3-4-8)6-11(2)5-7(9)10/h7H,3-6H2,1-2H3. The summed E-state index contributed by atoms with van der Waals surface area (Å²) in [6, 6.07) is 0. The number of rotatable bonds is 4. The molecule has 0 bridgehead atoms. The Balaban J connectivity index is 2.15. The third-order valence-electron chi connectivity index (χ3n) is 2.20. The van der Waals surface area contributed by atoms with Gasteiger partial charge in [0, 0.05) is 6.54 Å². The molecule has 0 saturated heterocycles. The van der Waals surface area contributed by atoms with Gasteiger partial charge in [0.15, 0.2) is 0 Å². The minimum absolute atomic E-state index is 0.0877. The first kappa shape index (κ1) is 8.91. The van der Waals surface area contributed by atoms with E-state index < -0.39 is 6.43 Å². The van der Waals surface area contributed by atoms with Crippen molar-refractivity contribution in [3.8, 4) is 0 Å². The van der Waals surface area contributed by atoms with Crippen molar-refractivity contribution >= 4 is 0 Å². The molecular formula is C8H15F2N. The van der Waals surface area contributed by atoms with Crippen LogP contribution in [0, 0.1) is 5.41 Å². The average Bonchev–Trinajstić information content (AvgIpc) is 2.44. The van der Waals surface area contributed by atoms with Crippen LogP contribution in [0.3, 0.4) is 0 Å². The summed E-state index contributed by atoms with van der Waals surface area (Å²) in [6.45, 7) is 2.88. The van der Waals surface area contributed by atoms with Crippen LogP contribution in [-0.2, 0) is 0 Å². The van der Waals surface area contributed by atoms with Crippen molar-refractivity contribution in [3.05, 3.63) is 0 Å². The molecule has 1 rings (SSSR count). The first-order chi connectivity index (χ1) is 5.02. The van der Waals surface area contributed by atoms with Gasteiger partial charge in [0.25, 0.3) is 6.43 Å². The zero-order chi connectivity index (χ0) is 8.48. The molecule has 0 heterocycles.